The average Bonchev–Trinajstić information content (AvgIpc) is 3.02. The molecule has 0 bridgehead atoms. The maximum atomic E-state index is 12.7. The Bertz CT molecular complexity index is 504. The highest BCUT2D eigenvalue weighted by atomic mass is 16.2. The molecule has 25 heavy (non-hydrogen) atoms. The minimum Gasteiger partial charge on any atom is -0.351 e. The number of nitrogens with zero attached hydrogens (tertiary/aromatic N) is 2. The van der Waals surface area contributed by atoms with Crippen LogP contribution in [0.3, 0.4) is 0 Å². The van der Waals surface area contributed by atoms with Gasteiger partial charge in [0.2, 0.25) is 17.7 Å². The van der Waals surface area contributed by atoms with Crippen LogP contribution < -0.4 is 5.32 Å². The van der Waals surface area contributed by atoms with Gasteiger partial charge in [-0.05, 0) is 46.0 Å². The second-order valence-corrected chi connectivity index (χ2v) is 7.37. The minimum atomic E-state index is -0.209. The molecule has 0 aromatic carbocycles. The zero-order valence-electron chi connectivity index (χ0n) is 16.0. The van der Waals surface area contributed by atoms with E-state index in [4.69, 9.17) is 0 Å². The van der Waals surface area contributed by atoms with E-state index in [9.17, 15) is 14.4 Å². The molecule has 6 heteroatoms. The second-order valence-electron chi connectivity index (χ2n) is 7.37. The molecule has 0 saturated carbocycles. The Morgan fingerprint density at radius 3 is 2.56 bits per heavy atom. The number of amides is 3. The molecule has 3 amide bonds. The summed E-state index contributed by atoms with van der Waals surface area (Å²) in [4.78, 5) is 40.5. The summed E-state index contributed by atoms with van der Waals surface area (Å²) in [7, 11) is 0. The van der Waals surface area contributed by atoms with Crippen LogP contribution in [0.25, 0.3) is 0 Å². The van der Waals surface area contributed by atoms with Gasteiger partial charge in [0.1, 0.15) is 0 Å². The van der Waals surface area contributed by atoms with Crippen molar-refractivity contribution in [1.82, 2.24) is 15.1 Å². The van der Waals surface area contributed by atoms with Gasteiger partial charge in [-0.1, -0.05) is 6.92 Å². The van der Waals surface area contributed by atoms with Crippen molar-refractivity contribution in [3.05, 3.63) is 0 Å². The summed E-state index contributed by atoms with van der Waals surface area (Å²) in [5, 5.41) is 3.06. The number of piperidine rings is 1. The molecule has 2 aliphatic heterocycles. The quantitative estimate of drug-likeness (QED) is 0.762. The van der Waals surface area contributed by atoms with Crippen LogP contribution in [0, 0.1) is 5.92 Å². The first-order valence-corrected chi connectivity index (χ1v) is 9.82. The molecule has 2 heterocycles. The molecule has 2 fully saturated rings. The lowest BCUT2D eigenvalue weighted by Crippen LogP contribution is -2.47. The van der Waals surface area contributed by atoms with Crippen molar-refractivity contribution in [2.45, 2.75) is 71.3 Å². The first-order valence-electron chi connectivity index (χ1n) is 9.82. The molecular weight excluding hydrogens is 318 g/mol. The van der Waals surface area contributed by atoms with Crippen LogP contribution >= 0.6 is 0 Å². The predicted molar refractivity (Wildman–Crippen MR) is 96.9 cm³/mol. The van der Waals surface area contributed by atoms with Crippen molar-refractivity contribution in [1.29, 1.82) is 0 Å². The summed E-state index contributed by atoms with van der Waals surface area (Å²) in [5.41, 5.74) is -0.209. The highest BCUT2D eigenvalue weighted by molar-refractivity contribution is 5.82. The second kappa shape index (κ2) is 8.68. The lowest BCUT2D eigenvalue weighted by atomic mass is 9.88. The highest BCUT2D eigenvalue weighted by Gasteiger charge is 2.37. The van der Waals surface area contributed by atoms with E-state index in [0.717, 1.165) is 45.3 Å². The number of likely N-dealkylation sites (tertiary alicyclic amines) is 1. The molecule has 2 rings (SSSR count). The van der Waals surface area contributed by atoms with E-state index < -0.39 is 0 Å². The summed E-state index contributed by atoms with van der Waals surface area (Å²) in [6.45, 7) is 8.78. The summed E-state index contributed by atoms with van der Waals surface area (Å²) in [6.07, 6.45) is 5.13. The van der Waals surface area contributed by atoms with Crippen LogP contribution in [-0.2, 0) is 14.4 Å². The van der Waals surface area contributed by atoms with Gasteiger partial charge in [0, 0.05) is 44.6 Å². The summed E-state index contributed by atoms with van der Waals surface area (Å²) in [6, 6.07) is 0. The van der Waals surface area contributed by atoms with Crippen molar-refractivity contribution in [2.24, 2.45) is 5.92 Å². The van der Waals surface area contributed by atoms with Crippen LogP contribution in [0.15, 0.2) is 0 Å². The Morgan fingerprint density at radius 1 is 1.28 bits per heavy atom. The maximum absolute atomic E-state index is 12.7. The van der Waals surface area contributed by atoms with E-state index in [-0.39, 0.29) is 29.2 Å². The standard InChI is InChI=1S/C19H33N3O3/c1-4-19(11-9-16(23)20-19)12-10-17(24)22-13-7-8-15(14-22)18(25)21(5-2)6-3/h15H,4-14H2,1-3H3,(H,20,23)/t15-,19+/m1/s1. The number of hydrogen-bond donors (Lipinski definition) is 1. The van der Waals surface area contributed by atoms with E-state index in [1.807, 2.05) is 23.6 Å². The van der Waals surface area contributed by atoms with Gasteiger partial charge >= 0.3 is 0 Å². The van der Waals surface area contributed by atoms with Gasteiger partial charge in [0.25, 0.3) is 0 Å². The topological polar surface area (TPSA) is 69.7 Å². The summed E-state index contributed by atoms with van der Waals surface area (Å²) >= 11 is 0. The molecule has 6 nitrogen and oxygen atoms in total. The number of carbonyl (C=O) groups excluding carboxylic acids is 3. The third-order valence-electron chi connectivity index (χ3n) is 5.93. The van der Waals surface area contributed by atoms with E-state index in [1.165, 1.54) is 0 Å². The number of carbonyl (C=O) groups is 3. The van der Waals surface area contributed by atoms with E-state index in [2.05, 4.69) is 12.2 Å². The van der Waals surface area contributed by atoms with Crippen molar-refractivity contribution >= 4 is 17.7 Å². The Kier molecular flexibility index (Phi) is 6.85. The molecule has 0 unspecified atom stereocenters. The van der Waals surface area contributed by atoms with Crippen molar-refractivity contribution in [2.75, 3.05) is 26.2 Å². The smallest absolute Gasteiger partial charge is 0.227 e. The maximum Gasteiger partial charge on any atom is 0.227 e. The fraction of sp³-hybridized carbons (Fsp3) is 0.842. The lowest BCUT2D eigenvalue weighted by molar-refractivity contribution is -0.141. The van der Waals surface area contributed by atoms with Gasteiger partial charge in [-0.3, -0.25) is 14.4 Å². The largest absolute Gasteiger partial charge is 0.351 e. The fourth-order valence-electron chi connectivity index (χ4n) is 4.11. The molecule has 2 aliphatic rings. The molecule has 0 spiro atoms. The van der Waals surface area contributed by atoms with Gasteiger partial charge in [0.05, 0.1) is 5.92 Å². The Labute approximate surface area is 151 Å². The lowest BCUT2D eigenvalue weighted by Gasteiger charge is -2.35. The van der Waals surface area contributed by atoms with Crippen molar-refractivity contribution in [3.63, 3.8) is 0 Å². The molecule has 1 N–H and O–H groups in total. The number of rotatable bonds is 7. The van der Waals surface area contributed by atoms with E-state index >= 15 is 0 Å². The van der Waals surface area contributed by atoms with Crippen LogP contribution in [-0.4, -0.2) is 59.2 Å². The van der Waals surface area contributed by atoms with Crippen LogP contribution in [0.5, 0.6) is 0 Å². The van der Waals surface area contributed by atoms with Crippen LogP contribution in [0.2, 0.25) is 0 Å². The highest BCUT2D eigenvalue weighted by Crippen LogP contribution is 2.29. The third kappa shape index (κ3) is 4.73. The Morgan fingerprint density at radius 2 is 2.00 bits per heavy atom. The predicted octanol–water partition coefficient (Wildman–Crippen LogP) is 1.93. The Hall–Kier alpha value is -1.59. The van der Waals surface area contributed by atoms with E-state index in [0.29, 0.717) is 25.8 Å². The monoisotopic (exact) mass is 351 g/mol. The van der Waals surface area contributed by atoms with Crippen molar-refractivity contribution < 1.29 is 14.4 Å². The molecular formula is C19H33N3O3. The normalized spacial score (nSPS) is 26.4. The number of nitrogens with one attached hydrogen (secondary N) is 1. The zero-order chi connectivity index (χ0) is 18.4. The fourth-order valence-corrected chi connectivity index (χ4v) is 4.11. The molecule has 142 valence electrons. The molecule has 0 aromatic rings. The molecule has 2 saturated heterocycles. The minimum absolute atomic E-state index is 0.0658. The third-order valence-corrected chi connectivity index (χ3v) is 5.93. The molecule has 0 aromatic heterocycles. The molecule has 2 atom stereocenters. The first kappa shape index (κ1) is 19.7. The van der Waals surface area contributed by atoms with Crippen LogP contribution in [0.4, 0.5) is 0 Å². The van der Waals surface area contributed by atoms with Crippen LogP contribution in [0.1, 0.15) is 65.7 Å². The zero-order valence-corrected chi connectivity index (χ0v) is 16.0. The van der Waals surface area contributed by atoms with Gasteiger partial charge in [-0.15, -0.1) is 0 Å². The van der Waals surface area contributed by atoms with Gasteiger partial charge in [-0.25, -0.2) is 0 Å². The van der Waals surface area contributed by atoms with Gasteiger partial charge < -0.3 is 15.1 Å². The van der Waals surface area contributed by atoms with Crippen molar-refractivity contribution in [3.8, 4) is 0 Å². The Balaban J connectivity index is 1.89. The summed E-state index contributed by atoms with van der Waals surface area (Å²) in [5.74, 6) is 0.322. The summed E-state index contributed by atoms with van der Waals surface area (Å²) < 4.78 is 0. The SMILES string of the molecule is CCN(CC)C(=O)[C@@H]1CCCN(C(=O)CC[C@]2(CC)CCC(=O)N2)C1. The van der Waals surface area contributed by atoms with Gasteiger partial charge in [0.15, 0.2) is 0 Å². The van der Waals surface area contributed by atoms with Gasteiger partial charge in [-0.2, -0.15) is 0 Å². The molecule has 0 radical (unpaired) electrons. The first-order chi connectivity index (χ1) is 11.9. The van der Waals surface area contributed by atoms with E-state index in [1.54, 1.807) is 0 Å². The average molecular weight is 351 g/mol. The molecule has 0 aliphatic carbocycles. The number of hydrogen-bond acceptors (Lipinski definition) is 3.